The molecule has 20 heavy (non-hydrogen) atoms. The molecule has 1 aromatic carbocycles. The Balaban J connectivity index is 1.95. The van der Waals surface area contributed by atoms with Gasteiger partial charge in [0.15, 0.2) is 0 Å². The van der Waals surface area contributed by atoms with Crippen molar-refractivity contribution in [2.45, 2.75) is 20.1 Å². The first-order valence-corrected chi connectivity index (χ1v) is 6.60. The van der Waals surface area contributed by atoms with Crippen LogP contribution in [0, 0.1) is 11.3 Å². The van der Waals surface area contributed by atoms with Crippen LogP contribution in [0.25, 0.3) is 0 Å². The van der Waals surface area contributed by atoms with Crippen molar-refractivity contribution >= 4 is 0 Å². The van der Waals surface area contributed by atoms with Gasteiger partial charge in [-0.1, -0.05) is 25.1 Å². The number of aromatic nitrogens is 1. The number of benzene rings is 1. The van der Waals surface area contributed by atoms with Crippen molar-refractivity contribution in [2.24, 2.45) is 0 Å². The zero-order valence-electron chi connectivity index (χ0n) is 11.5. The number of rotatable bonds is 6. The van der Waals surface area contributed by atoms with Gasteiger partial charge >= 0.3 is 0 Å². The van der Waals surface area contributed by atoms with Gasteiger partial charge in [-0.05, 0) is 30.3 Å². The number of nitriles is 1. The fourth-order valence-corrected chi connectivity index (χ4v) is 1.79. The molecule has 1 aromatic heterocycles. The summed E-state index contributed by atoms with van der Waals surface area (Å²) in [5, 5.41) is 12.2. The van der Waals surface area contributed by atoms with E-state index in [0.717, 1.165) is 24.4 Å². The molecule has 0 bridgehead atoms. The molecule has 2 rings (SSSR count). The average Bonchev–Trinajstić information content (AvgIpc) is 2.52. The van der Waals surface area contributed by atoms with E-state index in [-0.39, 0.29) is 0 Å². The van der Waals surface area contributed by atoms with E-state index in [4.69, 9.17) is 10.00 Å². The van der Waals surface area contributed by atoms with Crippen molar-refractivity contribution in [3.63, 3.8) is 0 Å². The lowest BCUT2D eigenvalue weighted by Crippen LogP contribution is -2.11. The van der Waals surface area contributed by atoms with Crippen LogP contribution in [0.3, 0.4) is 0 Å². The van der Waals surface area contributed by atoms with Crippen LogP contribution in [0.15, 0.2) is 42.6 Å². The maximum absolute atomic E-state index is 8.96. The third-order valence-electron chi connectivity index (χ3n) is 2.89. The molecular weight excluding hydrogens is 250 g/mol. The van der Waals surface area contributed by atoms with E-state index in [2.05, 4.69) is 23.3 Å². The van der Waals surface area contributed by atoms with Crippen LogP contribution < -0.4 is 10.1 Å². The van der Waals surface area contributed by atoms with Crippen molar-refractivity contribution in [2.75, 3.05) is 6.54 Å². The second-order valence-corrected chi connectivity index (χ2v) is 4.34. The van der Waals surface area contributed by atoms with Crippen molar-refractivity contribution in [1.82, 2.24) is 10.3 Å². The molecule has 0 saturated carbocycles. The van der Waals surface area contributed by atoms with Crippen molar-refractivity contribution in [3.8, 4) is 11.8 Å². The second kappa shape index (κ2) is 7.27. The Bertz CT molecular complexity index is 587. The number of pyridine rings is 1. The third-order valence-corrected chi connectivity index (χ3v) is 2.89. The predicted octanol–water partition coefficient (Wildman–Crippen LogP) is 2.64. The van der Waals surface area contributed by atoms with Gasteiger partial charge in [0.25, 0.3) is 0 Å². The van der Waals surface area contributed by atoms with Crippen LogP contribution in [-0.4, -0.2) is 11.5 Å². The van der Waals surface area contributed by atoms with Gasteiger partial charge in [-0.3, -0.25) is 0 Å². The topological polar surface area (TPSA) is 57.9 Å². The normalized spacial score (nSPS) is 10.0. The lowest BCUT2D eigenvalue weighted by molar-refractivity contribution is 0.305. The van der Waals surface area contributed by atoms with Gasteiger partial charge in [-0.15, -0.1) is 0 Å². The highest BCUT2D eigenvalue weighted by Gasteiger charge is 2.03. The molecule has 0 unspecified atom stereocenters. The summed E-state index contributed by atoms with van der Waals surface area (Å²) in [5.74, 6) is 0.790. The lowest BCUT2D eigenvalue weighted by Gasteiger charge is -2.08. The molecule has 1 heterocycles. The summed E-state index contributed by atoms with van der Waals surface area (Å²) in [7, 11) is 0. The highest BCUT2D eigenvalue weighted by Crippen LogP contribution is 2.15. The highest BCUT2D eigenvalue weighted by molar-refractivity contribution is 5.31. The summed E-state index contributed by atoms with van der Waals surface area (Å²) in [4.78, 5) is 4.01. The monoisotopic (exact) mass is 267 g/mol. The third kappa shape index (κ3) is 3.81. The summed E-state index contributed by atoms with van der Waals surface area (Å²) >= 11 is 0. The maximum Gasteiger partial charge on any atom is 0.147 e. The summed E-state index contributed by atoms with van der Waals surface area (Å²) in [5.41, 5.74) is 2.43. The molecule has 0 fully saturated rings. The van der Waals surface area contributed by atoms with Gasteiger partial charge in [0, 0.05) is 18.3 Å². The Labute approximate surface area is 119 Å². The van der Waals surface area contributed by atoms with E-state index in [1.807, 2.05) is 30.3 Å². The molecule has 4 nitrogen and oxygen atoms in total. The van der Waals surface area contributed by atoms with E-state index >= 15 is 0 Å². The number of hydrogen-bond donors (Lipinski definition) is 1. The molecule has 0 amide bonds. The van der Waals surface area contributed by atoms with Crippen molar-refractivity contribution < 1.29 is 4.74 Å². The van der Waals surface area contributed by atoms with E-state index in [1.165, 1.54) is 5.56 Å². The van der Waals surface area contributed by atoms with Crippen molar-refractivity contribution in [3.05, 3.63) is 59.4 Å². The minimum atomic E-state index is 0.350. The second-order valence-electron chi connectivity index (χ2n) is 4.34. The van der Waals surface area contributed by atoms with Gasteiger partial charge in [0.2, 0.25) is 0 Å². The zero-order valence-corrected chi connectivity index (χ0v) is 11.5. The molecule has 0 spiro atoms. The first kappa shape index (κ1) is 14.0. The molecule has 1 N–H and O–H groups in total. The molecule has 102 valence electrons. The SMILES string of the molecule is CCNCc1ccc(OCc2cccnc2C#N)cc1. The Kier molecular flexibility index (Phi) is 5.10. The van der Waals surface area contributed by atoms with Crippen LogP contribution in [0.4, 0.5) is 0 Å². The number of ether oxygens (including phenoxy) is 1. The quantitative estimate of drug-likeness (QED) is 0.874. The largest absolute Gasteiger partial charge is 0.489 e. The van der Waals surface area contributed by atoms with Crippen LogP contribution in [0.2, 0.25) is 0 Å². The predicted molar refractivity (Wildman–Crippen MR) is 77.1 cm³/mol. The van der Waals surface area contributed by atoms with Crippen LogP contribution in [0.1, 0.15) is 23.7 Å². The molecule has 4 heteroatoms. The maximum atomic E-state index is 8.96. The average molecular weight is 267 g/mol. The molecule has 0 aliphatic heterocycles. The van der Waals surface area contributed by atoms with E-state index < -0.39 is 0 Å². The minimum Gasteiger partial charge on any atom is -0.489 e. The van der Waals surface area contributed by atoms with Crippen LogP contribution in [0.5, 0.6) is 5.75 Å². The zero-order chi connectivity index (χ0) is 14.2. The molecule has 0 atom stereocenters. The lowest BCUT2D eigenvalue weighted by atomic mass is 10.2. The van der Waals surface area contributed by atoms with Gasteiger partial charge in [0.1, 0.15) is 24.1 Å². The van der Waals surface area contributed by atoms with Gasteiger partial charge in [0.05, 0.1) is 0 Å². The molecule has 0 saturated heterocycles. The number of nitrogens with zero attached hydrogens (tertiary/aromatic N) is 2. The van der Waals surface area contributed by atoms with Gasteiger partial charge in [-0.25, -0.2) is 4.98 Å². The summed E-state index contributed by atoms with van der Waals surface area (Å²) in [6.07, 6.45) is 1.61. The Morgan fingerprint density at radius 3 is 2.75 bits per heavy atom. The number of hydrogen-bond acceptors (Lipinski definition) is 4. The Morgan fingerprint density at radius 1 is 1.25 bits per heavy atom. The van der Waals surface area contributed by atoms with Crippen molar-refractivity contribution in [1.29, 1.82) is 5.26 Å². The smallest absolute Gasteiger partial charge is 0.147 e. The molecular formula is C16H17N3O. The first-order valence-electron chi connectivity index (χ1n) is 6.60. The summed E-state index contributed by atoms with van der Waals surface area (Å²) in [6.45, 7) is 4.25. The summed E-state index contributed by atoms with van der Waals surface area (Å²) < 4.78 is 5.68. The molecule has 2 aromatic rings. The number of nitrogens with one attached hydrogen (secondary N) is 1. The first-order chi connectivity index (χ1) is 9.83. The van der Waals surface area contributed by atoms with Gasteiger partial charge in [-0.2, -0.15) is 5.26 Å². The van der Waals surface area contributed by atoms with Gasteiger partial charge < -0.3 is 10.1 Å². The Morgan fingerprint density at radius 2 is 2.05 bits per heavy atom. The van der Waals surface area contributed by atoms with E-state index in [1.54, 1.807) is 12.3 Å². The molecule has 0 aliphatic carbocycles. The van der Waals surface area contributed by atoms with Crippen LogP contribution >= 0.6 is 0 Å². The standard InChI is InChI=1S/C16H17N3O/c1-2-18-11-13-5-7-15(8-6-13)20-12-14-4-3-9-19-16(14)10-17/h3-9,18H,2,11-12H2,1H3. The molecule has 0 radical (unpaired) electrons. The summed E-state index contributed by atoms with van der Waals surface area (Å²) in [6, 6.07) is 13.7. The van der Waals surface area contributed by atoms with Crippen LogP contribution in [-0.2, 0) is 13.2 Å². The Hall–Kier alpha value is -2.38. The van der Waals surface area contributed by atoms with E-state index in [0.29, 0.717) is 12.3 Å². The highest BCUT2D eigenvalue weighted by atomic mass is 16.5. The fourth-order valence-electron chi connectivity index (χ4n) is 1.79. The minimum absolute atomic E-state index is 0.350. The fraction of sp³-hybridized carbons (Fsp3) is 0.250. The van der Waals surface area contributed by atoms with E-state index in [9.17, 15) is 0 Å². The molecule has 0 aliphatic rings.